The number of hydrogen-bond acceptors (Lipinski definition) is 4. The van der Waals surface area contributed by atoms with E-state index in [-0.39, 0.29) is 5.91 Å². The second-order valence-corrected chi connectivity index (χ2v) is 6.18. The van der Waals surface area contributed by atoms with E-state index in [2.05, 4.69) is 22.5 Å². The van der Waals surface area contributed by atoms with Crippen molar-refractivity contribution in [2.45, 2.75) is 26.2 Å². The fraction of sp³-hybridized carbons (Fsp3) is 0.611. The smallest absolute Gasteiger partial charge is 0.238 e. The molecular formula is C18H29N3O2. The molecule has 1 saturated heterocycles. The Morgan fingerprint density at radius 2 is 2.09 bits per heavy atom. The van der Waals surface area contributed by atoms with E-state index in [0.717, 1.165) is 38.3 Å². The maximum absolute atomic E-state index is 12.4. The fourth-order valence-electron chi connectivity index (χ4n) is 3.12. The number of amides is 1. The van der Waals surface area contributed by atoms with E-state index >= 15 is 0 Å². The van der Waals surface area contributed by atoms with Gasteiger partial charge in [-0.3, -0.25) is 9.69 Å². The largest absolute Gasteiger partial charge is 0.495 e. The predicted octanol–water partition coefficient (Wildman–Crippen LogP) is 2.35. The van der Waals surface area contributed by atoms with Crippen LogP contribution >= 0.6 is 0 Å². The van der Waals surface area contributed by atoms with E-state index in [9.17, 15) is 4.79 Å². The van der Waals surface area contributed by atoms with Crippen molar-refractivity contribution >= 4 is 11.6 Å². The first-order valence-corrected chi connectivity index (χ1v) is 8.59. The molecule has 1 aliphatic rings. The molecule has 2 N–H and O–H groups in total. The summed E-state index contributed by atoms with van der Waals surface area (Å²) in [6.45, 7) is 6.76. The van der Waals surface area contributed by atoms with Gasteiger partial charge in [0, 0.05) is 6.54 Å². The van der Waals surface area contributed by atoms with Crippen molar-refractivity contribution < 1.29 is 9.53 Å². The van der Waals surface area contributed by atoms with Crippen LogP contribution in [0.25, 0.3) is 0 Å². The molecule has 1 aromatic carbocycles. The van der Waals surface area contributed by atoms with Crippen LogP contribution in [0, 0.1) is 5.92 Å². The zero-order valence-electron chi connectivity index (χ0n) is 14.3. The fourth-order valence-corrected chi connectivity index (χ4v) is 3.12. The molecule has 0 saturated carbocycles. The van der Waals surface area contributed by atoms with Crippen molar-refractivity contribution in [1.29, 1.82) is 0 Å². The van der Waals surface area contributed by atoms with Gasteiger partial charge in [0.1, 0.15) is 5.75 Å². The molecule has 5 nitrogen and oxygen atoms in total. The first-order chi connectivity index (χ1) is 11.2. The predicted molar refractivity (Wildman–Crippen MR) is 93.9 cm³/mol. The number of para-hydroxylation sites is 2. The van der Waals surface area contributed by atoms with Crippen LogP contribution in [-0.4, -0.2) is 50.6 Å². The van der Waals surface area contributed by atoms with Crippen LogP contribution in [0.5, 0.6) is 5.75 Å². The Kier molecular flexibility index (Phi) is 7.36. The molecule has 0 unspecified atom stereocenters. The summed E-state index contributed by atoms with van der Waals surface area (Å²) in [7, 11) is 1.62. The number of rotatable bonds is 8. The van der Waals surface area contributed by atoms with Gasteiger partial charge in [0.15, 0.2) is 0 Å². The number of carbonyl (C=O) groups excluding carboxylic acids is 1. The Hall–Kier alpha value is -1.59. The third-order valence-electron chi connectivity index (χ3n) is 4.26. The second-order valence-electron chi connectivity index (χ2n) is 6.18. The lowest BCUT2D eigenvalue weighted by atomic mass is 9.97. The summed E-state index contributed by atoms with van der Waals surface area (Å²) in [5.74, 6) is 1.42. The van der Waals surface area contributed by atoms with Crippen LogP contribution < -0.4 is 15.4 Å². The molecule has 1 amide bonds. The van der Waals surface area contributed by atoms with Gasteiger partial charge in [-0.15, -0.1) is 0 Å². The van der Waals surface area contributed by atoms with E-state index < -0.39 is 0 Å². The molecule has 0 spiro atoms. The topological polar surface area (TPSA) is 53.6 Å². The molecular weight excluding hydrogens is 290 g/mol. The maximum atomic E-state index is 12.4. The van der Waals surface area contributed by atoms with Gasteiger partial charge in [-0.25, -0.2) is 0 Å². The molecule has 5 heteroatoms. The Morgan fingerprint density at radius 1 is 1.35 bits per heavy atom. The van der Waals surface area contributed by atoms with Crippen molar-refractivity contribution in [3.05, 3.63) is 24.3 Å². The molecule has 2 rings (SSSR count). The average Bonchev–Trinajstić information content (AvgIpc) is 2.56. The number of methoxy groups -OCH3 is 1. The van der Waals surface area contributed by atoms with Crippen LogP contribution in [0.3, 0.4) is 0 Å². The highest BCUT2D eigenvalue weighted by Crippen LogP contribution is 2.23. The quantitative estimate of drug-likeness (QED) is 0.772. The molecule has 0 aliphatic carbocycles. The molecule has 0 atom stereocenters. The van der Waals surface area contributed by atoms with Gasteiger partial charge < -0.3 is 15.4 Å². The highest BCUT2D eigenvalue weighted by Gasteiger charge is 2.19. The molecule has 0 bridgehead atoms. The highest BCUT2D eigenvalue weighted by molar-refractivity contribution is 5.93. The zero-order chi connectivity index (χ0) is 16.5. The molecule has 23 heavy (non-hydrogen) atoms. The van der Waals surface area contributed by atoms with Crippen LogP contribution in [0.2, 0.25) is 0 Å². The zero-order valence-corrected chi connectivity index (χ0v) is 14.3. The molecule has 0 aromatic heterocycles. The van der Waals surface area contributed by atoms with Gasteiger partial charge in [-0.1, -0.05) is 19.1 Å². The highest BCUT2D eigenvalue weighted by atomic mass is 16.5. The van der Waals surface area contributed by atoms with E-state index in [1.807, 2.05) is 24.3 Å². The minimum absolute atomic E-state index is 0.0249. The minimum Gasteiger partial charge on any atom is -0.495 e. The molecule has 1 aromatic rings. The van der Waals surface area contributed by atoms with Crippen molar-refractivity contribution in [3.63, 3.8) is 0 Å². The molecule has 1 heterocycles. The molecule has 0 radical (unpaired) electrons. The van der Waals surface area contributed by atoms with E-state index in [1.54, 1.807) is 7.11 Å². The van der Waals surface area contributed by atoms with Crippen molar-refractivity contribution in [1.82, 2.24) is 10.2 Å². The van der Waals surface area contributed by atoms with Crippen molar-refractivity contribution in [2.75, 3.05) is 45.2 Å². The maximum Gasteiger partial charge on any atom is 0.238 e. The van der Waals surface area contributed by atoms with E-state index in [1.165, 1.54) is 12.8 Å². The Labute approximate surface area is 139 Å². The molecule has 128 valence electrons. The first-order valence-electron chi connectivity index (χ1n) is 8.59. The number of anilines is 1. The van der Waals surface area contributed by atoms with Gasteiger partial charge in [0.05, 0.1) is 19.3 Å². The summed E-state index contributed by atoms with van der Waals surface area (Å²) >= 11 is 0. The van der Waals surface area contributed by atoms with Crippen LogP contribution in [0.15, 0.2) is 24.3 Å². The van der Waals surface area contributed by atoms with Crippen LogP contribution in [0.1, 0.15) is 26.2 Å². The first kappa shape index (κ1) is 17.8. The number of hydrogen-bond donors (Lipinski definition) is 2. The molecule has 1 fully saturated rings. The third kappa shape index (κ3) is 5.84. The Balaban J connectivity index is 1.89. The second kappa shape index (κ2) is 9.53. The summed E-state index contributed by atoms with van der Waals surface area (Å²) in [5.41, 5.74) is 0.735. The SMILES string of the molecule is CCCN(CC(=O)Nc1ccccc1OC)CC1CCNCC1. The van der Waals surface area contributed by atoms with Gasteiger partial charge in [-0.2, -0.15) is 0 Å². The van der Waals surface area contributed by atoms with Crippen LogP contribution in [-0.2, 0) is 4.79 Å². The Morgan fingerprint density at radius 3 is 2.78 bits per heavy atom. The summed E-state index contributed by atoms with van der Waals surface area (Å²) in [6.07, 6.45) is 3.47. The number of piperidine rings is 1. The number of benzene rings is 1. The monoisotopic (exact) mass is 319 g/mol. The summed E-state index contributed by atoms with van der Waals surface area (Å²) in [4.78, 5) is 14.7. The van der Waals surface area contributed by atoms with Crippen molar-refractivity contribution in [3.8, 4) is 5.75 Å². The van der Waals surface area contributed by atoms with Crippen molar-refractivity contribution in [2.24, 2.45) is 5.92 Å². The van der Waals surface area contributed by atoms with Crippen LogP contribution in [0.4, 0.5) is 5.69 Å². The lowest BCUT2D eigenvalue weighted by Gasteiger charge is -2.29. The Bertz CT molecular complexity index is 487. The normalized spacial score (nSPS) is 15.6. The van der Waals surface area contributed by atoms with Gasteiger partial charge in [0.2, 0.25) is 5.91 Å². The average molecular weight is 319 g/mol. The standard InChI is InChI=1S/C18H29N3O2/c1-3-12-21(13-15-8-10-19-11-9-15)14-18(22)20-16-6-4-5-7-17(16)23-2/h4-7,15,19H,3,8-14H2,1-2H3,(H,20,22). The number of nitrogens with zero attached hydrogens (tertiary/aromatic N) is 1. The van der Waals surface area contributed by atoms with Gasteiger partial charge >= 0.3 is 0 Å². The minimum atomic E-state index is 0.0249. The number of ether oxygens (including phenoxy) is 1. The van der Waals surface area contributed by atoms with Gasteiger partial charge in [-0.05, 0) is 56.9 Å². The number of nitrogens with one attached hydrogen (secondary N) is 2. The summed E-state index contributed by atoms with van der Waals surface area (Å²) in [6, 6.07) is 7.52. The van der Waals surface area contributed by atoms with E-state index in [4.69, 9.17) is 4.74 Å². The lowest BCUT2D eigenvalue weighted by molar-refractivity contribution is -0.117. The summed E-state index contributed by atoms with van der Waals surface area (Å²) in [5, 5.41) is 6.36. The van der Waals surface area contributed by atoms with Gasteiger partial charge in [0.25, 0.3) is 0 Å². The third-order valence-corrected chi connectivity index (χ3v) is 4.26. The lowest BCUT2D eigenvalue weighted by Crippen LogP contribution is -2.40. The summed E-state index contributed by atoms with van der Waals surface area (Å²) < 4.78 is 5.28. The molecule has 1 aliphatic heterocycles. The van der Waals surface area contributed by atoms with E-state index in [0.29, 0.717) is 18.2 Å². The number of carbonyl (C=O) groups is 1.